The molecule has 0 radical (unpaired) electrons. The lowest BCUT2D eigenvalue weighted by Gasteiger charge is -2.33. The van der Waals surface area contributed by atoms with Crippen LogP contribution in [0.1, 0.15) is 6.92 Å². The number of nitrogens with two attached hydrogens (primary N) is 1. The maximum Gasteiger partial charge on any atom is 0.193 e. The van der Waals surface area contributed by atoms with Crippen molar-refractivity contribution in [2.45, 2.75) is 6.92 Å². The van der Waals surface area contributed by atoms with Gasteiger partial charge in [0.1, 0.15) is 5.75 Å². The molecule has 0 spiro atoms. The molecule has 6 nitrogen and oxygen atoms in total. The zero-order valence-electron chi connectivity index (χ0n) is 13.6. The summed E-state index contributed by atoms with van der Waals surface area (Å²) in [6.07, 6.45) is 0. The number of anilines is 1. The van der Waals surface area contributed by atoms with Crippen LogP contribution >= 0.6 is 0 Å². The Labute approximate surface area is 132 Å². The lowest BCUT2D eigenvalue weighted by molar-refractivity contribution is 0.140. The van der Waals surface area contributed by atoms with Crippen molar-refractivity contribution in [3.05, 3.63) is 24.3 Å². The number of hydrogen-bond acceptors (Lipinski definition) is 4. The molecule has 0 bridgehead atoms. The third kappa shape index (κ3) is 5.20. The number of hydrogen-bond donors (Lipinski definition) is 2. The normalized spacial score (nSPS) is 17.5. The Balaban J connectivity index is 1.73. The standard InChI is InChI=1S/C16H27N5O/c1-3-20-9-11-21(12-10-20)8-7-18-16(17)19-14-5-4-6-15(13-14)22-2/h4-6,13H,3,7-12H2,1-2H3,(H3,17,18,19). The number of likely N-dealkylation sites (N-methyl/N-ethyl adjacent to an activating group) is 1. The second-order valence-electron chi connectivity index (χ2n) is 5.40. The molecule has 1 fully saturated rings. The number of ether oxygens (including phenoxy) is 1. The van der Waals surface area contributed by atoms with Crippen LogP contribution in [0.5, 0.6) is 5.75 Å². The Morgan fingerprint density at radius 1 is 1.27 bits per heavy atom. The minimum atomic E-state index is 0.445. The molecule has 0 aromatic heterocycles. The van der Waals surface area contributed by atoms with E-state index < -0.39 is 0 Å². The Kier molecular flexibility index (Phi) is 6.48. The molecule has 1 aliphatic heterocycles. The first-order valence-corrected chi connectivity index (χ1v) is 7.87. The van der Waals surface area contributed by atoms with E-state index in [0.29, 0.717) is 5.96 Å². The van der Waals surface area contributed by atoms with Crippen LogP contribution in [-0.2, 0) is 0 Å². The van der Waals surface area contributed by atoms with Gasteiger partial charge in [0.2, 0.25) is 0 Å². The highest BCUT2D eigenvalue weighted by molar-refractivity contribution is 5.92. The number of rotatable bonds is 6. The Bertz CT molecular complexity index is 483. The fourth-order valence-electron chi connectivity index (χ4n) is 2.53. The molecule has 2 rings (SSSR count). The molecule has 6 heteroatoms. The van der Waals surface area contributed by atoms with Crippen LogP contribution in [0.2, 0.25) is 0 Å². The number of aliphatic imine (C=N–C) groups is 1. The lowest BCUT2D eigenvalue weighted by atomic mass is 10.3. The number of nitrogens with zero attached hydrogens (tertiary/aromatic N) is 3. The van der Waals surface area contributed by atoms with E-state index in [9.17, 15) is 0 Å². The van der Waals surface area contributed by atoms with Gasteiger partial charge in [0.05, 0.1) is 13.7 Å². The third-order valence-corrected chi connectivity index (χ3v) is 3.95. The molecular formula is C16H27N5O. The third-order valence-electron chi connectivity index (χ3n) is 3.95. The summed E-state index contributed by atoms with van der Waals surface area (Å²) in [5, 5.41) is 3.09. The molecule has 3 N–H and O–H groups in total. The van der Waals surface area contributed by atoms with Gasteiger partial charge in [-0.2, -0.15) is 0 Å². The van der Waals surface area contributed by atoms with Gasteiger partial charge in [-0.15, -0.1) is 0 Å². The van der Waals surface area contributed by atoms with Crippen molar-refractivity contribution >= 4 is 11.6 Å². The van der Waals surface area contributed by atoms with E-state index in [0.717, 1.165) is 57.3 Å². The Morgan fingerprint density at radius 2 is 2.00 bits per heavy atom. The molecule has 22 heavy (non-hydrogen) atoms. The van der Waals surface area contributed by atoms with Gasteiger partial charge < -0.3 is 20.7 Å². The largest absolute Gasteiger partial charge is 0.497 e. The molecule has 0 aliphatic carbocycles. The first-order valence-electron chi connectivity index (χ1n) is 7.87. The van der Waals surface area contributed by atoms with Crippen molar-refractivity contribution in [2.75, 3.05) is 58.2 Å². The van der Waals surface area contributed by atoms with Crippen LogP contribution in [0.15, 0.2) is 29.3 Å². The second-order valence-corrected chi connectivity index (χ2v) is 5.40. The summed E-state index contributed by atoms with van der Waals surface area (Å²) < 4.78 is 5.18. The highest BCUT2D eigenvalue weighted by atomic mass is 16.5. The van der Waals surface area contributed by atoms with Crippen molar-refractivity contribution in [2.24, 2.45) is 10.7 Å². The number of methoxy groups -OCH3 is 1. The van der Waals surface area contributed by atoms with Gasteiger partial charge in [-0.25, -0.2) is 0 Å². The van der Waals surface area contributed by atoms with Crippen LogP contribution in [0.4, 0.5) is 5.69 Å². The fraction of sp³-hybridized carbons (Fsp3) is 0.562. The maximum atomic E-state index is 5.93. The van der Waals surface area contributed by atoms with Crippen LogP contribution in [0.25, 0.3) is 0 Å². The SMILES string of the molecule is CCN1CCN(CCN=C(N)Nc2cccc(OC)c2)CC1. The highest BCUT2D eigenvalue weighted by Gasteiger charge is 2.14. The predicted octanol–water partition coefficient (Wildman–Crippen LogP) is 1.06. The first-order chi connectivity index (χ1) is 10.7. The number of nitrogens with one attached hydrogen (secondary N) is 1. The van der Waals surface area contributed by atoms with E-state index in [-0.39, 0.29) is 0 Å². The van der Waals surface area contributed by atoms with E-state index >= 15 is 0 Å². The summed E-state index contributed by atoms with van der Waals surface area (Å²) in [6.45, 7) is 9.57. The molecule has 122 valence electrons. The van der Waals surface area contributed by atoms with E-state index in [1.165, 1.54) is 0 Å². The molecule has 0 unspecified atom stereocenters. The number of benzene rings is 1. The quantitative estimate of drug-likeness (QED) is 0.608. The van der Waals surface area contributed by atoms with E-state index in [1.54, 1.807) is 7.11 Å². The Morgan fingerprint density at radius 3 is 2.68 bits per heavy atom. The summed E-state index contributed by atoms with van der Waals surface area (Å²) in [6, 6.07) is 7.65. The van der Waals surface area contributed by atoms with Gasteiger partial charge in [-0.1, -0.05) is 13.0 Å². The number of guanidine groups is 1. The molecule has 1 aliphatic rings. The molecule has 1 aromatic carbocycles. The van der Waals surface area contributed by atoms with Gasteiger partial charge in [0.15, 0.2) is 5.96 Å². The molecule has 0 amide bonds. The van der Waals surface area contributed by atoms with Gasteiger partial charge >= 0.3 is 0 Å². The minimum absolute atomic E-state index is 0.445. The average molecular weight is 305 g/mol. The maximum absolute atomic E-state index is 5.93. The smallest absolute Gasteiger partial charge is 0.193 e. The van der Waals surface area contributed by atoms with Gasteiger partial charge in [0.25, 0.3) is 0 Å². The summed E-state index contributed by atoms with van der Waals surface area (Å²) in [4.78, 5) is 9.31. The van der Waals surface area contributed by atoms with Crippen LogP contribution in [0.3, 0.4) is 0 Å². The van der Waals surface area contributed by atoms with Crippen molar-refractivity contribution in [3.8, 4) is 5.75 Å². The molecule has 1 saturated heterocycles. The summed E-state index contributed by atoms with van der Waals surface area (Å²) >= 11 is 0. The molecule has 1 aromatic rings. The highest BCUT2D eigenvalue weighted by Crippen LogP contribution is 2.16. The average Bonchev–Trinajstić information content (AvgIpc) is 2.55. The topological polar surface area (TPSA) is 66.1 Å². The van der Waals surface area contributed by atoms with Crippen molar-refractivity contribution in [1.29, 1.82) is 0 Å². The molecule has 0 saturated carbocycles. The van der Waals surface area contributed by atoms with Crippen molar-refractivity contribution < 1.29 is 4.74 Å². The van der Waals surface area contributed by atoms with E-state index in [1.807, 2.05) is 24.3 Å². The van der Waals surface area contributed by atoms with Gasteiger partial charge in [0, 0.05) is 44.5 Å². The minimum Gasteiger partial charge on any atom is -0.497 e. The van der Waals surface area contributed by atoms with E-state index in [4.69, 9.17) is 10.5 Å². The van der Waals surface area contributed by atoms with E-state index in [2.05, 4.69) is 27.0 Å². The molecular weight excluding hydrogens is 278 g/mol. The van der Waals surface area contributed by atoms with Crippen LogP contribution in [-0.4, -0.2) is 68.7 Å². The van der Waals surface area contributed by atoms with Gasteiger partial charge in [-0.3, -0.25) is 9.89 Å². The summed E-state index contributed by atoms with van der Waals surface area (Å²) in [5.74, 6) is 1.24. The number of piperazine rings is 1. The van der Waals surface area contributed by atoms with Crippen LogP contribution < -0.4 is 15.8 Å². The van der Waals surface area contributed by atoms with Gasteiger partial charge in [-0.05, 0) is 18.7 Å². The van der Waals surface area contributed by atoms with Crippen molar-refractivity contribution in [3.63, 3.8) is 0 Å². The van der Waals surface area contributed by atoms with Crippen LogP contribution in [0, 0.1) is 0 Å². The lowest BCUT2D eigenvalue weighted by Crippen LogP contribution is -2.46. The fourth-order valence-corrected chi connectivity index (χ4v) is 2.53. The predicted molar refractivity (Wildman–Crippen MR) is 91.7 cm³/mol. The summed E-state index contributed by atoms with van der Waals surface area (Å²) in [7, 11) is 1.65. The molecule has 0 atom stereocenters. The Hall–Kier alpha value is -1.79. The zero-order valence-corrected chi connectivity index (χ0v) is 13.6. The monoisotopic (exact) mass is 305 g/mol. The first kappa shape index (κ1) is 16.6. The zero-order chi connectivity index (χ0) is 15.8. The van der Waals surface area contributed by atoms with Crippen molar-refractivity contribution in [1.82, 2.24) is 9.80 Å². The summed E-state index contributed by atoms with van der Waals surface area (Å²) in [5.41, 5.74) is 6.81. The second kappa shape index (κ2) is 8.60. The molecule has 1 heterocycles.